The molecule has 1 aliphatic heterocycles. The van der Waals surface area contributed by atoms with Crippen LogP contribution in [-0.2, 0) is 6.42 Å². The molecule has 0 radical (unpaired) electrons. The Morgan fingerprint density at radius 2 is 1.89 bits per heavy atom. The summed E-state index contributed by atoms with van der Waals surface area (Å²) in [6.45, 7) is 3.29. The molecule has 0 aliphatic carbocycles. The van der Waals surface area contributed by atoms with E-state index in [2.05, 4.69) is 22.9 Å². The molecule has 0 saturated carbocycles. The molecule has 0 bridgehead atoms. The van der Waals surface area contributed by atoms with Gasteiger partial charge in [-0.15, -0.1) is 0 Å². The topological polar surface area (TPSA) is 31.6 Å². The van der Waals surface area contributed by atoms with Crippen LogP contribution < -0.4 is 9.47 Å². The minimum Gasteiger partial charge on any atom is -0.486 e. The molecule has 19 heavy (non-hydrogen) atoms. The van der Waals surface area contributed by atoms with Crippen LogP contribution in [0.1, 0.15) is 28.8 Å². The molecule has 0 N–H and O–H groups in total. The van der Waals surface area contributed by atoms with Crippen LogP contribution >= 0.6 is 15.9 Å². The van der Waals surface area contributed by atoms with E-state index in [-0.39, 0.29) is 4.83 Å². The second kappa shape index (κ2) is 5.29. The van der Waals surface area contributed by atoms with Gasteiger partial charge in [0.05, 0.1) is 4.83 Å². The molecule has 0 spiro atoms. The number of alkyl halides is 1. The lowest BCUT2D eigenvalue weighted by atomic mass is 10.1. The summed E-state index contributed by atoms with van der Waals surface area (Å²) in [6, 6.07) is 10.0. The van der Waals surface area contributed by atoms with Crippen LogP contribution in [-0.4, -0.2) is 13.2 Å². The molecular formula is C15H15BrO3. The minimum absolute atomic E-state index is 0.0311. The third kappa shape index (κ3) is 2.50. The van der Waals surface area contributed by atoms with Crippen molar-refractivity contribution in [2.45, 2.75) is 18.2 Å². The van der Waals surface area contributed by atoms with E-state index in [9.17, 15) is 0 Å². The Morgan fingerprint density at radius 1 is 1.11 bits per heavy atom. The van der Waals surface area contributed by atoms with E-state index in [0.29, 0.717) is 13.2 Å². The number of aryl methyl sites for hydroxylation is 1. The zero-order valence-corrected chi connectivity index (χ0v) is 12.3. The van der Waals surface area contributed by atoms with Crippen molar-refractivity contribution in [3.8, 4) is 11.5 Å². The summed E-state index contributed by atoms with van der Waals surface area (Å²) < 4.78 is 16.9. The van der Waals surface area contributed by atoms with Crippen molar-refractivity contribution in [1.82, 2.24) is 0 Å². The Morgan fingerprint density at radius 3 is 2.63 bits per heavy atom. The Kier molecular flexibility index (Phi) is 3.51. The first kappa shape index (κ1) is 12.6. The van der Waals surface area contributed by atoms with Crippen LogP contribution in [0.2, 0.25) is 0 Å². The lowest BCUT2D eigenvalue weighted by molar-refractivity contribution is 0.171. The standard InChI is InChI=1S/C15H15BrO3/c1-2-11-4-6-13(19-11)15(16)10-3-5-12-14(9-10)18-8-7-17-12/h3-6,9,15H,2,7-8H2,1H3. The molecule has 1 aromatic heterocycles. The van der Waals surface area contributed by atoms with Gasteiger partial charge < -0.3 is 13.9 Å². The van der Waals surface area contributed by atoms with Gasteiger partial charge in [0.25, 0.3) is 0 Å². The minimum atomic E-state index is 0.0311. The second-order valence-corrected chi connectivity index (χ2v) is 5.34. The van der Waals surface area contributed by atoms with Gasteiger partial charge in [-0.2, -0.15) is 0 Å². The lowest BCUT2D eigenvalue weighted by Crippen LogP contribution is -2.15. The number of hydrogen-bond donors (Lipinski definition) is 0. The van der Waals surface area contributed by atoms with Crippen molar-refractivity contribution < 1.29 is 13.9 Å². The molecule has 1 atom stereocenters. The molecule has 100 valence electrons. The first-order valence-corrected chi connectivity index (χ1v) is 7.31. The average Bonchev–Trinajstić information content (AvgIpc) is 2.95. The summed E-state index contributed by atoms with van der Waals surface area (Å²) in [6.07, 6.45) is 0.904. The third-order valence-electron chi connectivity index (χ3n) is 3.14. The number of halogens is 1. The summed E-state index contributed by atoms with van der Waals surface area (Å²) in [7, 11) is 0. The molecule has 1 aliphatic rings. The smallest absolute Gasteiger partial charge is 0.161 e. The molecule has 0 saturated heterocycles. The maximum Gasteiger partial charge on any atom is 0.161 e. The van der Waals surface area contributed by atoms with Gasteiger partial charge in [0.2, 0.25) is 0 Å². The Bertz CT molecular complexity index is 577. The highest BCUT2D eigenvalue weighted by Crippen LogP contribution is 2.38. The summed E-state index contributed by atoms with van der Waals surface area (Å²) in [5.41, 5.74) is 1.10. The van der Waals surface area contributed by atoms with Gasteiger partial charge in [-0.25, -0.2) is 0 Å². The van der Waals surface area contributed by atoms with E-state index < -0.39 is 0 Å². The van der Waals surface area contributed by atoms with Crippen LogP contribution in [0.3, 0.4) is 0 Å². The molecule has 2 heterocycles. The zero-order chi connectivity index (χ0) is 13.2. The number of ether oxygens (including phenoxy) is 2. The first-order chi connectivity index (χ1) is 9.28. The number of rotatable bonds is 3. The predicted octanol–water partition coefficient (Wildman–Crippen LogP) is 4.10. The Balaban J connectivity index is 1.88. The van der Waals surface area contributed by atoms with Crippen LogP contribution in [0.25, 0.3) is 0 Å². The van der Waals surface area contributed by atoms with Crippen LogP contribution in [0.5, 0.6) is 11.5 Å². The van der Waals surface area contributed by atoms with Crippen LogP contribution in [0.15, 0.2) is 34.7 Å². The normalized spacial score (nSPS) is 15.3. The van der Waals surface area contributed by atoms with Gasteiger partial charge in [-0.05, 0) is 29.8 Å². The molecule has 2 aromatic rings. The van der Waals surface area contributed by atoms with Crippen molar-refractivity contribution in [1.29, 1.82) is 0 Å². The molecule has 0 amide bonds. The highest BCUT2D eigenvalue weighted by atomic mass is 79.9. The molecule has 3 nitrogen and oxygen atoms in total. The third-order valence-corrected chi connectivity index (χ3v) is 4.12. The molecule has 3 rings (SSSR count). The van der Waals surface area contributed by atoms with E-state index in [0.717, 1.165) is 35.0 Å². The van der Waals surface area contributed by atoms with Crippen molar-refractivity contribution in [2.24, 2.45) is 0 Å². The Labute approximate surface area is 120 Å². The zero-order valence-electron chi connectivity index (χ0n) is 10.7. The summed E-state index contributed by atoms with van der Waals surface area (Å²) in [5, 5.41) is 0. The van der Waals surface area contributed by atoms with Gasteiger partial charge in [-0.1, -0.05) is 28.9 Å². The van der Waals surface area contributed by atoms with E-state index >= 15 is 0 Å². The van der Waals surface area contributed by atoms with E-state index in [1.807, 2.05) is 30.3 Å². The van der Waals surface area contributed by atoms with Gasteiger partial charge in [-0.3, -0.25) is 0 Å². The van der Waals surface area contributed by atoms with Crippen molar-refractivity contribution in [3.05, 3.63) is 47.4 Å². The number of furan rings is 1. The summed E-state index contributed by atoms with van der Waals surface area (Å²) in [5.74, 6) is 3.52. The second-order valence-electron chi connectivity index (χ2n) is 4.42. The van der Waals surface area contributed by atoms with Crippen molar-refractivity contribution in [3.63, 3.8) is 0 Å². The van der Waals surface area contributed by atoms with Crippen LogP contribution in [0, 0.1) is 0 Å². The molecule has 4 heteroatoms. The highest BCUT2D eigenvalue weighted by Gasteiger charge is 2.18. The molecule has 0 fully saturated rings. The maximum absolute atomic E-state index is 5.77. The SMILES string of the molecule is CCc1ccc(C(Br)c2ccc3c(c2)OCCO3)o1. The molecular weight excluding hydrogens is 308 g/mol. The van der Waals surface area contributed by atoms with Crippen LogP contribution in [0.4, 0.5) is 0 Å². The quantitative estimate of drug-likeness (QED) is 0.797. The fourth-order valence-corrected chi connectivity index (χ4v) is 2.63. The van der Waals surface area contributed by atoms with Crippen molar-refractivity contribution >= 4 is 15.9 Å². The first-order valence-electron chi connectivity index (χ1n) is 6.40. The Hall–Kier alpha value is -1.42. The van der Waals surface area contributed by atoms with Gasteiger partial charge in [0.15, 0.2) is 11.5 Å². The summed E-state index contributed by atoms with van der Waals surface area (Å²) in [4.78, 5) is 0.0311. The lowest BCUT2D eigenvalue weighted by Gasteiger charge is -2.19. The maximum atomic E-state index is 5.77. The average molecular weight is 323 g/mol. The monoisotopic (exact) mass is 322 g/mol. The van der Waals surface area contributed by atoms with Crippen molar-refractivity contribution in [2.75, 3.05) is 13.2 Å². The number of fused-ring (bicyclic) bond motifs is 1. The van der Waals surface area contributed by atoms with E-state index in [1.165, 1.54) is 0 Å². The largest absolute Gasteiger partial charge is 0.486 e. The summed E-state index contributed by atoms with van der Waals surface area (Å²) >= 11 is 3.67. The number of hydrogen-bond acceptors (Lipinski definition) is 3. The van der Waals surface area contributed by atoms with Gasteiger partial charge >= 0.3 is 0 Å². The van der Waals surface area contributed by atoms with E-state index in [4.69, 9.17) is 13.9 Å². The fourth-order valence-electron chi connectivity index (χ4n) is 2.10. The van der Waals surface area contributed by atoms with Gasteiger partial charge in [0.1, 0.15) is 24.7 Å². The highest BCUT2D eigenvalue weighted by molar-refractivity contribution is 9.09. The number of benzene rings is 1. The van der Waals surface area contributed by atoms with Gasteiger partial charge in [0, 0.05) is 6.42 Å². The molecule has 1 aromatic carbocycles. The van der Waals surface area contributed by atoms with E-state index in [1.54, 1.807) is 0 Å². The molecule has 1 unspecified atom stereocenters. The predicted molar refractivity (Wildman–Crippen MR) is 76.3 cm³/mol. The fraction of sp³-hybridized carbons (Fsp3) is 0.333.